The number of benzene rings is 2. The maximum absolute atomic E-state index is 13.5. The number of H-pyrrole nitrogens is 1. The summed E-state index contributed by atoms with van der Waals surface area (Å²) in [4.78, 5) is 16.9. The second kappa shape index (κ2) is 12.0. The van der Waals surface area contributed by atoms with Gasteiger partial charge < -0.3 is 15.2 Å². The summed E-state index contributed by atoms with van der Waals surface area (Å²) >= 11 is 0. The molecule has 2 aromatic carbocycles. The lowest BCUT2D eigenvalue weighted by Crippen LogP contribution is -2.63. The summed E-state index contributed by atoms with van der Waals surface area (Å²) in [5.41, 5.74) is -4.14. The van der Waals surface area contributed by atoms with E-state index in [1.54, 1.807) is 12.1 Å². The van der Waals surface area contributed by atoms with Gasteiger partial charge in [0.2, 0.25) is 0 Å². The first-order valence-corrected chi connectivity index (χ1v) is 13.2. The molecule has 0 spiro atoms. The largest absolute Gasteiger partial charge is 0.416 e. The van der Waals surface area contributed by atoms with Gasteiger partial charge in [-0.3, -0.25) is 9.56 Å². The van der Waals surface area contributed by atoms with Gasteiger partial charge in [0.15, 0.2) is 0 Å². The van der Waals surface area contributed by atoms with Crippen molar-refractivity contribution in [1.29, 1.82) is 0 Å². The fourth-order valence-corrected chi connectivity index (χ4v) is 5.52. The van der Waals surface area contributed by atoms with Crippen LogP contribution in [0.5, 0.6) is 0 Å². The molecule has 0 unspecified atom stereocenters. The summed E-state index contributed by atoms with van der Waals surface area (Å²) in [6.07, 6.45) is -8.64. The molecule has 1 aromatic heterocycles. The second-order valence-electron chi connectivity index (χ2n) is 10.3. The smallest absolute Gasteiger partial charge is 0.375 e. The van der Waals surface area contributed by atoms with E-state index in [-0.39, 0.29) is 24.8 Å². The first-order chi connectivity index (χ1) is 19.8. The van der Waals surface area contributed by atoms with E-state index in [0.29, 0.717) is 37.1 Å². The second-order valence-corrected chi connectivity index (χ2v) is 10.3. The fraction of sp³-hybridized carbons (Fsp3) is 0.464. The lowest BCUT2D eigenvalue weighted by molar-refractivity contribution is -0.143. The lowest BCUT2D eigenvalue weighted by Gasteiger charge is -2.48. The molecule has 42 heavy (non-hydrogen) atoms. The zero-order chi connectivity index (χ0) is 30.8. The first kappa shape index (κ1) is 31.4. The van der Waals surface area contributed by atoms with Crippen LogP contribution < -0.4 is 11.0 Å². The number of alkyl halides is 6. The number of aliphatic hydroxyl groups excluding tert-OH is 1. The van der Waals surface area contributed by atoms with Crippen molar-refractivity contribution in [3.8, 4) is 0 Å². The number of ether oxygens (including phenoxy) is 1. The molecule has 1 aliphatic rings. The zero-order valence-corrected chi connectivity index (χ0v) is 22.9. The standard InChI is InChI=1S/C28H31F6N5O3/c1-3-23(35-17-40)26(39-16-37-38-24(39)41)10-9-25(36-14-26,20-7-5-4-6-8-20)15-42-18(2)19-11-21(27(29,30)31)13-22(12-19)28(32,33)34/h4-8,11-13,16,18,36,40H,3,9-10,14-15,17H2,1-2H3,(H,38,41)/b35-23+/t18-,25-,26+/m1/s1. The van der Waals surface area contributed by atoms with E-state index in [9.17, 15) is 36.2 Å². The summed E-state index contributed by atoms with van der Waals surface area (Å²) < 4.78 is 88.1. The lowest BCUT2D eigenvalue weighted by atomic mass is 9.73. The fourth-order valence-electron chi connectivity index (χ4n) is 5.52. The molecule has 0 bridgehead atoms. The molecule has 1 fully saturated rings. The molecule has 1 aliphatic heterocycles. The summed E-state index contributed by atoms with van der Waals surface area (Å²) in [6.45, 7) is 2.79. The van der Waals surface area contributed by atoms with Crippen molar-refractivity contribution in [1.82, 2.24) is 20.1 Å². The predicted octanol–water partition coefficient (Wildman–Crippen LogP) is 5.16. The molecular weight excluding hydrogens is 568 g/mol. The van der Waals surface area contributed by atoms with Crippen molar-refractivity contribution >= 4 is 5.71 Å². The minimum Gasteiger partial charge on any atom is -0.375 e. The number of hydrogen-bond acceptors (Lipinski definition) is 6. The number of piperidine rings is 1. The number of aromatic nitrogens is 3. The summed E-state index contributed by atoms with van der Waals surface area (Å²) in [6, 6.07) is 10.5. The normalized spacial score (nSPS) is 22.7. The van der Waals surface area contributed by atoms with Crippen LogP contribution in [0.15, 0.2) is 64.6 Å². The number of nitrogens with zero attached hydrogens (tertiary/aromatic N) is 3. The van der Waals surface area contributed by atoms with E-state index >= 15 is 0 Å². The Bertz CT molecular complexity index is 1410. The topological polar surface area (TPSA) is 105 Å². The molecule has 0 saturated carbocycles. The monoisotopic (exact) mass is 599 g/mol. The average molecular weight is 600 g/mol. The number of aliphatic hydroxyl groups is 1. The van der Waals surface area contributed by atoms with E-state index in [1.165, 1.54) is 17.8 Å². The number of aromatic amines is 1. The Morgan fingerprint density at radius 1 is 1.10 bits per heavy atom. The van der Waals surface area contributed by atoms with E-state index in [0.717, 1.165) is 5.56 Å². The van der Waals surface area contributed by atoms with Crippen LogP contribution in [0, 0.1) is 0 Å². The number of aliphatic imine (C=N–C) groups is 1. The van der Waals surface area contributed by atoms with Crippen LogP contribution in [-0.4, -0.2) is 45.5 Å². The first-order valence-electron chi connectivity index (χ1n) is 13.2. The van der Waals surface area contributed by atoms with Gasteiger partial charge in [-0.1, -0.05) is 37.3 Å². The Morgan fingerprint density at radius 3 is 2.21 bits per heavy atom. The predicted molar refractivity (Wildman–Crippen MR) is 142 cm³/mol. The van der Waals surface area contributed by atoms with Gasteiger partial charge in [0.25, 0.3) is 0 Å². The number of halogens is 6. The number of hydrogen-bond donors (Lipinski definition) is 3. The Morgan fingerprint density at radius 2 is 1.74 bits per heavy atom. The highest BCUT2D eigenvalue weighted by atomic mass is 19.4. The van der Waals surface area contributed by atoms with Gasteiger partial charge >= 0.3 is 18.0 Å². The van der Waals surface area contributed by atoms with Gasteiger partial charge in [-0.15, -0.1) is 0 Å². The van der Waals surface area contributed by atoms with Gasteiger partial charge in [-0.25, -0.2) is 9.89 Å². The van der Waals surface area contributed by atoms with Gasteiger partial charge in [0, 0.05) is 12.3 Å². The highest BCUT2D eigenvalue weighted by Crippen LogP contribution is 2.41. The Kier molecular flexibility index (Phi) is 9.00. The quantitative estimate of drug-likeness (QED) is 0.233. The SMILES string of the molecule is CC/C(=N\CO)[C@]1(n2cn[nH]c2=O)CC[C@@](CO[C@H](C)c2cc(C(F)(F)F)cc(C(F)(F)F)c2)(c2ccccc2)NC1. The maximum Gasteiger partial charge on any atom is 0.416 e. The molecule has 1 saturated heterocycles. The Balaban J connectivity index is 1.68. The van der Waals surface area contributed by atoms with Crippen LogP contribution in [-0.2, 0) is 28.2 Å². The van der Waals surface area contributed by atoms with Gasteiger partial charge in [-0.05, 0) is 55.5 Å². The van der Waals surface area contributed by atoms with E-state index < -0.39 is 53.1 Å². The van der Waals surface area contributed by atoms with Gasteiger partial charge in [0.1, 0.15) is 18.6 Å². The molecule has 8 nitrogen and oxygen atoms in total. The van der Waals surface area contributed by atoms with E-state index in [1.807, 2.05) is 25.1 Å². The van der Waals surface area contributed by atoms with Crippen LogP contribution in [0.4, 0.5) is 26.3 Å². The van der Waals surface area contributed by atoms with Crippen molar-refractivity contribution < 1.29 is 36.2 Å². The van der Waals surface area contributed by atoms with Crippen molar-refractivity contribution in [2.24, 2.45) is 4.99 Å². The maximum atomic E-state index is 13.5. The highest BCUT2D eigenvalue weighted by molar-refractivity contribution is 5.92. The van der Waals surface area contributed by atoms with E-state index in [4.69, 9.17) is 4.74 Å². The third-order valence-corrected chi connectivity index (χ3v) is 7.82. The van der Waals surface area contributed by atoms with Crippen LogP contribution in [0.2, 0.25) is 0 Å². The van der Waals surface area contributed by atoms with Crippen molar-refractivity contribution in [2.75, 3.05) is 19.9 Å². The molecule has 3 aromatic rings. The third-order valence-electron chi connectivity index (χ3n) is 7.82. The molecule has 3 N–H and O–H groups in total. The highest BCUT2D eigenvalue weighted by Gasteiger charge is 2.48. The van der Waals surface area contributed by atoms with Crippen molar-refractivity contribution in [2.45, 2.75) is 62.6 Å². The van der Waals surface area contributed by atoms with Crippen molar-refractivity contribution in [3.05, 3.63) is 87.6 Å². The molecular formula is C28H31F6N5O3. The van der Waals surface area contributed by atoms with Crippen LogP contribution in [0.3, 0.4) is 0 Å². The average Bonchev–Trinajstić information content (AvgIpc) is 3.40. The van der Waals surface area contributed by atoms with Crippen LogP contribution in [0.1, 0.15) is 61.5 Å². The molecule has 228 valence electrons. The van der Waals surface area contributed by atoms with Crippen LogP contribution in [0.25, 0.3) is 0 Å². The minimum atomic E-state index is -4.98. The zero-order valence-electron chi connectivity index (χ0n) is 22.9. The van der Waals surface area contributed by atoms with E-state index in [2.05, 4.69) is 20.5 Å². The van der Waals surface area contributed by atoms with Crippen LogP contribution >= 0.6 is 0 Å². The molecule has 0 aliphatic carbocycles. The van der Waals surface area contributed by atoms with Crippen molar-refractivity contribution in [3.63, 3.8) is 0 Å². The summed E-state index contributed by atoms with van der Waals surface area (Å²) in [5, 5.41) is 19.3. The molecule has 0 amide bonds. The third kappa shape index (κ3) is 6.30. The number of nitrogens with one attached hydrogen (secondary N) is 2. The molecule has 2 heterocycles. The minimum absolute atomic E-state index is 0.0843. The summed E-state index contributed by atoms with van der Waals surface area (Å²) in [7, 11) is 0. The molecule has 3 atom stereocenters. The van der Waals surface area contributed by atoms with Gasteiger partial charge in [0.05, 0.1) is 29.4 Å². The summed E-state index contributed by atoms with van der Waals surface area (Å²) in [5.74, 6) is 0. The molecule has 14 heteroatoms. The molecule has 0 radical (unpaired) electrons. The molecule has 4 rings (SSSR count). The number of rotatable bonds is 9. The Labute approximate surface area is 237 Å². The van der Waals surface area contributed by atoms with Gasteiger partial charge in [-0.2, -0.15) is 31.4 Å². The Hall–Kier alpha value is -3.49.